The monoisotopic (exact) mass is 403 g/mol. The molecular weight excluding hydrogens is 378 g/mol. The highest BCUT2D eigenvalue weighted by Gasteiger charge is 2.74. The van der Waals surface area contributed by atoms with E-state index in [0.29, 0.717) is 18.4 Å². The highest BCUT2D eigenvalue weighted by Crippen LogP contribution is 2.76. The molecule has 2 N–H and O–H groups in total. The van der Waals surface area contributed by atoms with Crippen molar-refractivity contribution in [3.8, 4) is 11.1 Å². The van der Waals surface area contributed by atoms with Crippen LogP contribution in [0, 0.1) is 22.7 Å². The molecule has 2 aromatic carbocycles. The van der Waals surface area contributed by atoms with Crippen molar-refractivity contribution in [3.63, 3.8) is 0 Å². The van der Waals surface area contributed by atoms with E-state index < -0.39 is 17.5 Å². The van der Waals surface area contributed by atoms with Gasteiger partial charge < -0.3 is 15.2 Å². The number of rotatable bonds is 5. The number of benzene rings is 2. The van der Waals surface area contributed by atoms with Gasteiger partial charge >= 0.3 is 12.1 Å². The lowest BCUT2D eigenvalue weighted by atomic mass is 9.68. The molecular formula is C25H25NO4. The lowest BCUT2D eigenvalue weighted by Crippen LogP contribution is -2.47. The number of nitrogens with one attached hydrogen (secondary N) is 1. The van der Waals surface area contributed by atoms with Crippen molar-refractivity contribution >= 4 is 12.1 Å². The number of carbonyl (C=O) groups excluding carboxylic acids is 1. The molecule has 4 bridgehead atoms. The molecule has 0 heterocycles. The van der Waals surface area contributed by atoms with Crippen LogP contribution in [0.1, 0.15) is 42.7 Å². The van der Waals surface area contributed by atoms with Crippen molar-refractivity contribution in [1.29, 1.82) is 0 Å². The zero-order chi connectivity index (χ0) is 20.5. The quantitative estimate of drug-likeness (QED) is 0.775. The van der Waals surface area contributed by atoms with Gasteiger partial charge in [0.05, 0.1) is 5.41 Å². The summed E-state index contributed by atoms with van der Waals surface area (Å²) >= 11 is 0. The van der Waals surface area contributed by atoms with Gasteiger partial charge in [0.25, 0.3) is 0 Å². The Labute approximate surface area is 175 Å². The van der Waals surface area contributed by atoms with Crippen molar-refractivity contribution in [2.75, 3.05) is 13.2 Å². The Hall–Kier alpha value is -2.82. The Bertz CT molecular complexity index is 1000. The van der Waals surface area contributed by atoms with Crippen LogP contribution in [0.5, 0.6) is 0 Å². The third-order valence-corrected chi connectivity index (χ3v) is 8.53. The highest BCUT2D eigenvalue weighted by atomic mass is 16.5. The van der Waals surface area contributed by atoms with E-state index in [4.69, 9.17) is 4.74 Å². The molecule has 5 heteroatoms. The van der Waals surface area contributed by atoms with Crippen LogP contribution in [-0.4, -0.2) is 30.3 Å². The first-order valence-corrected chi connectivity index (χ1v) is 10.9. The Balaban J connectivity index is 1.14. The molecule has 154 valence electrons. The standard InChI is InChI=1S/C25H25NO4/c27-22(28)25-11-15-9-24(25,10-16(15)12-25)14-26-23(29)30-13-21-19-7-3-1-5-17(19)18-6-2-4-8-20(18)21/h1-8,15-16,21H,9-14H2,(H,26,29)(H,27,28). The van der Waals surface area contributed by atoms with Gasteiger partial charge in [-0.3, -0.25) is 4.79 Å². The predicted octanol–water partition coefficient (Wildman–Crippen LogP) is 4.42. The summed E-state index contributed by atoms with van der Waals surface area (Å²) in [7, 11) is 0. The summed E-state index contributed by atoms with van der Waals surface area (Å²) in [6.07, 6.45) is 2.96. The molecule has 0 saturated heterocycles. The number of carboxylic acids is 1. The largest absolute Gasteiger partial charge is 0.481 e. The summed E-state index contributed by atoms with van der Waals surface area (Å²) in [6.45, 7) is 0.686. The van der Waals surface area contributed by atoms with Crippen LogP contribution in [0.25, 0.3) is 11.1 Å². The minimum atomic E-state index is -0.681. The van der Waals surface area contributed by atoms with E-state index in [2.05, 4.69) is 29.6 Å². The zero-order valence-electron chi connectivity index (χ0n) is 16.8. The van der Waals surface area contributed by atoms with Gasteiger partial charge in [0.1, 0.15) is 6.61 Å². The number of ether oxygens (including phenoxy) is 1. The average Bonchev–Trinajstić information content (AvgIpc) is 3.51. The maximum absolute atomic E-state index is 12.6. The molecule has 5 nitrogen and oxygen atoms in total. The summed E-state index contributed by atoms with van der Waals surface area (Å²) in [5, 5.41) is 12.8. The molecule has 5 aliphatic rings. The first kappa shape index (κ1) is 18.0. The summed E-state index contributed by atoms with van der Waals surface area (Å²) in [4.78, 5) is 24.6. The number of fused-ring (bicyclic) bond motifs is 3. The molecule has 2 atom stereocenters. The Morgan fingerprint density at radius 2 is 1.50 bits per heavy atom. The van der Waals surface area contributed by atoms with Crippen LogP contribution in [0.2, 0.25) is 0 Å². The van der Waals surface area contributed by atoms with Crippen molar-refractivity contribution < 1.29 is 19.4 Å². The predicted molar refractivity (Wildman–Crippen MR) is 111 cm³/mol. The normalized spacial score (nSPS) is 32.3. The molecule has 2 aromatic rings. The fourth-order valence-electron chi connectivity index (χ4n) is 7.31. The Morgan fingerprint density at radius 1 is 0.933 bits per heavy atom. The van der Waals surface area contributed by atoms with Crippen LogP contribution in [-0.2, 0) is 9.53 Å². The topological polar surface area (TPSA) is 75.6 Å². The molecule has 7 rings (SSSR count). The summed E-state index contributed by atoms with van der Waals surface area (Å²) in [6, 6.07) is 16.5. The van der Waals surface area contributed by atoms with Crippen molar-refractivity contribution in [3.05, 3.63) is 59.7 Å². The first-order chi connectivity index (χ1) is 14.5. The van der Waals surface area contributed by atoms with Crippen molar-refractivity contribution in [2.45, 2.75) is 31.6 Å². The number of hydrogen-bond donors (Lipinski definition) is 2. The van der Waals surface area contributed by atoms with Crippen LogP contribution in [0.4, 0.5) is 4.79 Å². The molecule has 30 heavy (non-hydrogen) atoms. The molecule has 0 aliphatic heterocycles. The van der Waals surface area contributed by atoms with Gasteiger partial charge in [-0.15, -0.1) is 0 Å². The van der Waals surface area contributed by atoms with Gasteiger partial charge in [-0.25, -0.2) is 4.79 Å². The maximum Gasteiger partial charge on any atom is 0.407 e. The van der Waals surface area contributed by atoms with Crippen LogP contribution in [0.3, 0.4) is 0 Å². The third kappa shape index (κ3) is 2.23. The second-order valence-corrected chi connectivity index (χ2v) is 9.68. The number of carboxylic acid groups (broad SMARTS) is 1. The minimum Gasteiger partial charge on any atom is -0.481 e. The van der Waals surface area contributed by atoms with E-state index >= 15 is 0 Å². The second kappa shape index (κ2) is 6.10. The molecule has 2 unspecified atom stereocenters. The molecule has 5 aliphatic carbocycles. The molecule has 0 radical (unpaired) electrons. The first-order valence-electron chi connectivity index (χ1n) is 10.9. The number of aliphatic carboxylic acids is 1. The highest BCUT2D eigenvalue weighted by molar-refractivity contribution is 5.80. The molecule has 4 saturated carbocycles. The van der Waals surface area contributed by atoms with Crippen molar-refractivity contribution in [2.24, 2.45) is 22.7 Å². The SMILES string of the molecule is O=C(NCC12CC3CC1(C(=O)O)CC3C2)OCC1c2ccccc2-c2ccccc21. The van der Waals surface area contributed by atoms with Gasteiger partial charge in [0, 0.05) is 17.9 Å². The Morgan fingerprint density at radius 3 is 2.07 bits per heavy atom. The third-order valence-electron chi connectivity index (χ3n) is 8.53. The minimum absolute atomic E-state index is 0.0295. The fraction of sp³-hybridized carbons (Fsp3) is 0.440. The molecule has 0 aromatic heterocycles. The maximum atomic E-state index is 12.6. The van der Waals surface area contributed by atoms with Crippen LogP contribution in [0.15, 0.2) is 48.5 Å². The lowest BCUT2D eigenvalue weighted by Gasteiger charge is -2.37. The van der Waals surface area contributed by atoms with Crippen LogP contribution >= 0.6 is 0 Å². The smallest absolute Gasteiger partial charge is 0.407 e. The number of hydrogen-bond acceptors (Lipinski definition) is 3. The number of alkyl carbamates (subject to hydrolysis) is 1. The van der Waals surface area contributed by atoms with Gasteiger partial charge in [0.15, 0.2) is 0 Å². The van der Waals surface area contributed by atoms with Gasteiger partial charge in [0.2, 0.25) is 0 Å². The molecule has 1 amide bonds. The van der Waals surface area contributed by atoms with E-state index in [9.17, 15) is 14.7 Å². The average molecular weight is 403 g/mol. The Kier molecular flexibility index (Phi) is 3.66. The van der Waals surface area contributed by atoms with E-state index in [1.165, 1.54) is 22.3 Å². The zero-order valence-corrected chi connectivity index (χ0v) is 16.8. The van der Waals surface area contributed by atoms with Gasteiger partial charge in [-0.05, 0) is 59.8 Å². The number of carbonyl (C=O) groups is 2. The lowest BCUT2D eigenvalue weighted by molar-refractivity contribution is -0.153. The summed E-state index contributed by atoms with van der Waals surface area (Å²) in [5.74, 6) is 0.386. The second-order valence-electron chi connectivity index (χ2n) is 9.68. The van der Waals surface area contributed by atoms with Gasteiger partial charge in [-0.2, -0.15) is 0 Å². The summed E-state index contributed by atoms with van der Waals surface area (Å²) < 4.78 is 5.65. The molecule has 4 fully saturated rings. The van der Waals surface area contributed by atoms with Gasteiger partial charge in [-0.1, -0.05) is 48.5 Å². The number of amides is 1. The fourth-order valence-corrected chi connectivity index (χ4v) is 7.31. The van der Waals surface area contributed by atoms with Crippen molar-refractivity contribution in [1.82, 2.24) is 5.32 Å². The molecule has 0 spiro atoms. The van der Waals surface area contributed by atoms with Crippen LogP contribution < -0.4 is 5.32 Å². The summed E-state index contributed by atoms with van der Waals surface area (Å²) in [5.41, 5.74) is 3.84. The van der Waals surface area contributed by atoms with E-state index in [0.717, 1.165) is 25.7 Å². The van der Waals surface area contributed by atoms with E-state index in [1.807, 2.05) is 24.3 Å². The van der Waals surface area contributed by atoms with E-state index in [-0.39, 0.29) is 17.9 Å². The van der Waals surface area contributed by atoms with E-state index in [1.54, 1.807) is 0 Å².